The van der Waals surface area contributed by atoms with Crippen LogP contribution in [0.4, 0.5) is 9.18 Å². The first-order chi connectivity index (χ1) is 12.1. The minimum Gasteiger partial charge on any atom is -0.444 e. The lowest BCUT2D eigenvalue weighted by atomic mass is 9.96. The van der Waals surface area contributed by atoms with Crippen molar-refractivity contribution in [2.24, 2.45) is 16.6 Å². The number of likely N-dealkylation sites (tertiary alicyclic amines) is 1. The summed E-state index contributed by atoms with van der Waals surface area (Å²) >= 11 is 0. The van der Waals surface area contributed by atoms with Gasteiger partial charge in [0, 0.05) is 37.6 Å². The number of hydrogen-bond acceptors (Lipinski definition) is 5. The molecule has 2 fully saturated rings. The predicted molar refractivity (Wildman–Crippen MR) is 95.3 cm³/mol. The van der Waals surface area contributed by atoms with Crippen LogP contribution in [0.3, 0.4) is 0 Å². The number of carbonyl (C=O) groups excluding carboxylic acids is 2. The van der Waals surface area contributed by atoms with E-state index >= 15 is 0 Å². The number of amidine groups is 1. The first kappa shape index (κ1) is 18.7. The average molecular weight is 366 g/mol. The highest BCUT2D eigenvalue weighted by molar-refractivity contribution is 6.06. The van der Waals surface area contributed by atoms with Gasteiger partial charge in [-0.25, -0.2) is 9.18 Å². The van der Waals surface area contributed by atoms with Gasteiger partial charge in [0.15, 0.2) is 11.7 Å². The lowest BCUT2D eigenvalue weighted by Gasteiger charge is -2.43. The van der Waals surface area contributed by atoms with Crippen molar-refractivity contribution in [2.45, 2.75) is 58.2 Å². The fourth-order valence-corrected chi connectivity index (χ4v) is 3.99. The van der Waals surface area contributed by atoms with E-state index in [0.717, 1.165) is 12.8 Å². The summed E-state index contributed by atoms with van der Waals surface area (Å²) in [4.78, 5) is 32.0. The van der Waals surface area contributed by atoms with Crippen LogP contribution in [-0.2, 0) is 9.53 Å². The molecular weight excluding hydrogens is 339 g/mol. The highest BCUT2D eigenvalue weighted by Gasteiger charge is 2.46. The molecule has 2 saturated heterocycles. The number of dihydropyridines is 1. The second kappa shape index (κ2) is 6.55. The Balaban J connectivity index is 1.79. The molecule has 0 spiro atoms. The molecule has 0 radical (unpaired) electrons. The fraction of sp³-hybridized carbons (Fsp3) is 0.722. The van der Waals surface area contributed by atoms with Gasteiger partial charge < -0.3 is 20.3 Å². The molecule has 3 unspecified atom stereocenters. The number of aliphatic imine (C=N–C) groups is 1. The highest BCUT2D eigenvalue weighted by atomic mass is 19.1. The van der Waals surface area contributed by atoms with Crippen LogP contribution in [0.25, 0.3) is 0 Å². The Morgan fingerprint density at radius 2 is 1.81 bits per heavy atom. The maximum atomic E-state index is 15.0. The van der Waals surface area contributed by atoms with E-state index in [1.807, 2.05) is 25.7 Å². The number of rotatable bonds is 1. The number of ether oxygens (including phenoxy) is 1. The van der Waals surface area contributed by atoms with Gasteiger partial charge in [0.05, 0.1) is 5.57 Å². The molecule has 3 aliphatic rings. The van der Waals surface area contributed by atoms with Gasteiger partial charge in [-0.05, 0) is 33.6 Å². The molecule has 3 heterocycles. The lowest BCUT2D eigenvalue weighted by molar-refractivity contribution is -0.115. The minimum atomic E-state index is -0.734. The molecule has 26 heavy (non-hydrogen) atoms. The smallest absolute Gasteiger partial charge is 0.410 e. The molecule has 0 saturated carbocycles. The van der Waals surface area contributed by atoms with Gasteiger partial charge in [-0.1, -0.05) is 6.92 Å². The van der Waals surface area contributed by atoms with Crippen LogP contribution in [0.2, 0.25) is 0 Å². The Kier molecular flexibility index (Phi) is 4.71. The normalized spacial score (nSPS) is 29.0. The number of hydrogen-bond donors (Lipinski definition) is 1. The Labute approximate surface area is 153 Å². The lowest BCUT2D eigenvalue weighted by Crippen LogP contribution is -2.58. The Hall–Kier alpha value is -2.12. The Morgan fingerprint density at radius 3 is 2.31 bits per heavy atom. The molecule has 3 rings (SSSR count). The van der Waals surface area contributed by atoms with Crippen molar-refractivity contribution in [3.05, 3.63) is 11.4 Å². The van der Waals surface area contributed by atoms with Crippen molar-refractivity contribution in [2.75, 3.05) is 19.6 Å². The Bertz CT molecular complexity index is 668. The van der Waals surface area contributed by atoms with E-state index in [-0.39, 0.29) is 35.5 Å². The molecule has 2 amide bonds. The number of piperazine rings is 1. The summed E-state index contributed by atoms with van der Waals surface area (Å²) in [5.74, 6) is -1.45. The van der Waals surface area contributed by atoms with Gasteiger partial charge >= 0.3 is 6.09 Å². The Morgan fingerprint density at radius 1 is 1.23 bits per heavy atom. The van der Waals surface area contributed by atoms with Gasteiger partial charge in [0.25, 0.3) is 0 Å². The third-order valence-electron chi connectivity index (χ3n) is 5.08. The molecule has 2 N–H and O–H groups in total. The predicted octanol–water partition coefficient (Wildman–Crippen LogP) is 1.83. The van der Waals surface area contributed by atoms with Crippen LogP contribution in [0.1, 0.15) is 40.5 Å². The SMILES string of the molecule is CC1CN=C(N2C3CCC2CN(C(=O)OC(C)(C)C)C3)C(F)=C1C(N)=O. The quantitative estimate of drug-likeness (QED) is 0.767. The number of amides is 2. The zero-order chi connectivity index (χ0) is 19.2. The number of fused-ring (bicyclic) bond motifs is 2. The molecule has 3 aliphatic heterocycles. The molecule has 8 heteroatoms. The maximum absolute atomic E-state index is 15.0. The van der Waals surface area contributed by atoms with Crippen LogP contribution in [0.5, 0.6) is 0 Å². The van der Waals surface area contributed by atoms with Crippen molar-refractivity contribution in [1.29, 1.82) is 0 Å². The second-order valence-electron chi connectivity index (χ2n) is 8.33. The van der Waals surface area contributed by atoms with Gasteiger partial charge in [-0.2, -0.15) is 0 Å². The molecule has 0 aromatic carbocycles. The third-order valence-corrected chi connectivity index (χ3v) is 5.08. The number of nitrogens with zero attached hydrogens (tertiary/aromatic N) is 3. The van der Waals surface area contributed by atoms with Gasteiger partial charge in [-0.15, -0.1) is 0 Å². The van der Waals surface area contributed by atoms with Crippen LogP contribution in [0, 0.1) is 5.92 Å². The van der Waals surface area contributed by atoms with Crippen molar-refractivity contribution >= 4 is 17.8 Å². The summed E-state index contributed by atoms with van der Waals surface area (Å²) in [5, 5.41) is 0. The van der Waals surface area contributed by atoms with E-state index in [1.54, 1.807) is 11.8 Å². The number of nitrogens with two attached hydrogens (primary N) is 1. The molecule has 2 bridgehead atoms. The van der Waals surface area contributed by atoms with E-state index in [1.165, 1.54) is 0 Å². The van der Waals surface area contributed by atoms with E-state index < -0.39 is 17.3 Å². The zero-order valence-electron chi connectivity index (χ0n) is 15.8. The third kappa shape index (κ3) is 3.41. The average Bonchev–Trinajstić information content (AvgIpc) is 2.75. The molecule has 7 nitrogen and oxygen atoms in total. The second-order valence-corrected chi connectivity index (χ2v) is 8.33. The number of carbonyl (C=O) groups is 2. The minimum absolute atomic E-state index is 0.0176. The van der Waals surface area contributed by atoms with Crippen molar-refractivity contribution < 1.29 is 18.7 Å². The molecule has 0 aliphatic carbocycles. The first-order valence-corrected chi connectivity index (χ1v) is 9.09. The van der Waals surface area contributed by atoms with E-state index in [0.29, 0.717) is 19.6 Å². The van der Waals surface area contributed by atoms with Crippen LogP contribution in [0.15, 0.2) is 16.4 Å². The summed E-state index contributed by atoms with van der Waals surface area (Å²) in [7, 11) is 0. The summed E-state index contributed by atoms with van der Waals surface area (Å²) in [6, 6.07) is -0.0680. The summed E-state index contributed by atoms with van der Waals surface area (Å²) in [6.07, 6.45) is 1.34. The summed E-state index contributed by atoms with van der Waals surface area (Å²) in [5.41, 5.74) is 4.83. The first-order valence-electron chi connectivity index (χ1n) is 9.09. The van der Waals surface area contributed by atoms with Crippen LogP contribution >= 0.6 is 0 Å². The number of primary amides is 1. The zero-order valence-corrected chi connectivity index (χ0v) is 15.8. The van der Waals surface area contributed by atoms with Crippen LogP contribution < -0.4 is 5.73 Å². The van der Waals surface area contributed by atoms with E-state index in [2.05, 4.69) is 4.99 Å². The van der Waals surface area contributed by atoms with E-state index in [4.69, 9.17) is 10.5 Å². The fourth-order valence-electron chi connectivity index (χ4n) is 3.99. The summed E-state index contributed by atoms with van der Waals surface area (Å²) < 4.78 is 20.4. The number of halogens is 1. The molecule has 144 valence electrons. The molecule has 0 aromatic rings. The van der Waals surface area contributed by atoms with E-state index in [9.17, 15) is 14.0 Å². The monoisotopic (exact) mass is 366 g/mol. The molecule has 3 atom stereocenters. The van der Waals surface area contributed by atoms with Gasteiger partial charge in [0.2, 0.25) is 5.91 Å². The van der Waals surface area contributed by atoms with Crippen LogP contribution in [-0.4, -0.2) is 65.0 Å². The van der Waals surface area contributed by atoms with Crippen molar-refractivity contribution in [3.8, 4) is 0 Å². The topological polar surface area (TPSA) is 88.2 Å². The largest absolute Gasteiger partial charge is 0.444 e. The van der Waals surface area contributed by atoms with Crippen molar-refractivity contribution in [3.63, 3.8) is 0 Å². The van der Waals surface area contributed by atoms with Gasteiger partial charge in [0.1, 0.15) is 5.60 Å². The van der Waals surface area contributed by atoms with Crippen molar-refractivity contribution in [1.82, 2.24) is 9.80 Å². The molecular formula is C18H27FN4O3. The highest BCUT2D eigenvalue weighted by Crippen LogP contribution is 2.35. The standard InChI is InChI=1S/C18H27FN4O3/c1-10-7-21-16(14(19)13(10)15(20)24)23-11-5-6-12(23)9-22(8-11)17(25)26-18(2,3)4/h10-12H,5-9H2,1-4H3,(H2,20,24). The summed E-state index contributed by atoms with van der Waals surface area (Å²) in [6.45, 7) is 8.50. The molecule has 0 aromatic heterocycles. The van der Waals surface area contributed by atoms with Gasteiger partial charge in [-0.3, -0.25) is 9.79 Å². The maximum Gasteiger partial charge on any atom is 0.410 e.